The van der Waals surface area contributed by atoms with Crippen LogP contribution in [-0.2, 0) is 20.7 Å². The molecule has 1 aliphatic rings. The van der Waals surface area contributed by atoms with E-state index in [0.717, 1.165) is 12.0 Å². The molecule has 180 valence electrons. The Kier molecular flexibility index (Phi) is 9.59. The van der Waals surface area contributed by atoms with E-state index in [1.807, 2.05) is 30.9 Å². The van der Waals surface area contributed by atoms with E-state index in [1.54, 1.807) is 35.5 Å². The van der Waals surface area contributed by atoms with Gasteiger partial charge in [-0.2, -0.15) is 0 Å². The van der Waals surface area contributed by atoms with E-state index in [4.69, 9.17) is 21.1 Å². The van der Waals surface area contributed by atoms with Crippen molar-refractivity contribution >= 4 is 34.8 Å². The van der Waals surface area contributed by atoms with Crippen LogP contribution in [0.3, 0.4) is 0 Å². The average Bonchev–Trinajstić information content (AvgIpc) is 3.26. The van der Waals surface area contributed by atoms with Crippen LogP contribution in [0.25, 0.3) is 0 Å². The molecule has 0 bridgehead atoms. The third-order valence-electron chi connectivity index (χ3n) is 5.67. The Morgan fingerprint density at radius 2 is 2.00 bits per heavy atom. The Hall–Kier alpha value is -2.09. The second-order valence-corrected chi connectivity index (χ2v) is 10.1. The number of carbonyl (C=O) groups excluding carboxylic acids is 2. The van der Waals surface area contributed by atoms with Crippen molar-refractivity contribution in [2.45, 2.75) is 39.2 Å². The molecule has 6 nitrogen and oxygen atoms in total. The highest BCUT2D eigenvalue weighted by Crippen LogP contribution is 2.34. The van der Waals surface area contributed by atoms with Crippen molar-refractivity contribution in [3.05, 3.63) is 51.2 Å². The molecular weight excluding hydrogens is 460 g/mol. The lowest BCUT2D eigenvalue weighted by atomic mass is 10.00. The smallest absolute Gasteiger partial charge is 0.242 e. The zero-order chi connectivity index (χ0) is 23.8. The molecule has 1 aliphatic heterocycles. The van der Waals surface area contributed by atoms with Gasteiger partial charge in [-0.05, 0) is 60.0 Å². The first-order valence-electron chi connectivity index (χ1n) is 11.4. The summed E-state index contributed by atoms with van der Waals surface area (Å²) in [6.07, 6.45) is 1.95. The number of thiophene rings is 1. The quantitative estimate of drug-likeness (QED) is 0.422. The van der Waals surface area contributed by atoms with Gasteiger partial charge in [0.05, 0.1) is 12.6 Å². The lowest BCUT2D eigenvalue weighted by Crippen LogP contribution is -2.48. The number of methoxy groups -OCH3 is 1. The predicted molar refractivity (Wildman–Crippen MR) is 132 cm³/mol. The van der Waals surface area contributed by atoms with Gasteiger partial charge < -0.3 is 19.3 Å². The molecule has 0 radical (unpaired) electrons. The fourth-order valence-electron chi connectivity index (χ4n) is 4.00. The maximum Gasteiger partial charge on any atom is 0.242 e. The van der Waals surface area contributed by atoms with Crippen LogP contribution in [0.1, 0.15) is 43.2 Å². The summed E-state index contributed by atoms with van der Waals surface area (Å²) >= 11 is 7.70. The van der Waals surface area contributed by atoms with Crippen molar-refractivity contribution in [3.8, 4) is 5.75 Å². The first-order chi connectivity index (χ1) is 15.9. The molecule has 0 N–H and O–H groups in total. The molecule has 1 atom stereocenters. The normalized spacial score (nSPS) is 15.4. The molecule has 2 amide bonds. The van der Waals surface area contributed by atoms with Crippen LogP contribution in [-0.4, -0.2) is 61.6 Å². The van der Waals surface area contributed by atoms with Crippen LogP contribution >= 0.6 is 22.9 Å². The lowest BCUT2D eigenvalue weighted by Gasteiger charge is -2.37. The van der Waals surface area contributed by atoms with E-state index >= 15 is 0 Å². The van der Waals surface area contributed by atoms with E-state index in [1.165, 1.54) is 4.88 Å². The molecule has 0 saturated heterocycles. The van der Waals surface area contributed by atoms with E-state index in [0.29, 0.717) is 49.9 Å². The Labute approximate surface area is 205 Å². The highest BCUT2D eigenvalue weighted by Gasteiger charge is 2.33. The highest BCUT2D eigenvalue weighted by atomic mass is 35.5. The van der Waals surface area contributed by atoms with Gasteiger partial charge in [-0.3, -0.25) is 9.59 Å². The predicted octanol–water partition coefficient (Wildman–Crippen LogP) is 4.82. The van der Waals surface area contributed by atoms with Gasteiger partial charge >= 0.3 is 0 Å². The van der Waals surface area contributed by atoms with Crippen molar-refractivity contribution in [1.82, 2.24) is 9.80 Å². The number of rotatable bonds is 11. The van der Waals surface area contributed by atoms with Gasteiger partial charge in [-0.1, -0.05) is 25.4 Å². The summed E-state index contributed by atoms with van der Waals surface area (Å²) in [5.41, 5.74) is 1.13. The van der Waals surface area contributed by atoms with Gasteiger partial charge in [0, 0.05) is 43.1 Å². The number of amides is 2. The first kappa shape index (κ1) is 25.5. The minimum atomic E-state index is -0.191. The van der Waals surface area contributed by atoms with Crippen LogP contribution in [0.5, 0.6) is 5.75 Å². The summed E-state index contributed by atoms with van der Waals surface area (Å²) in [5, 5.41) is 2.72. The van der Waals surface area contributed by atoms with Crippen LogP contribution in [0.2, 0.25) is 5.02 Å². The Balaban J connectivity index is 1.73. The maximum atomic E-state index is 13.5. The van der Waals surface area contributed by atoms with Crippen LogP contribution in [0, 0.1) is 5.92 Å². The molecule has 1 aromatic carbocycles. The molecular formula is C25H33ClN2O4S. The Morgan fingerprint density at radius 1 is 1.24 bits per heavy atom. The SMILES string of the molecule is COCCCN(CC(=O)N1CCc2sccc2C1COc1ccc(Cl)cc1)C(=O)CC(C)C. The topological polar surface area (TPSA) is 59.1 Å². The molecule has 0 spiro atoms. The summed E-state index contributed by atoms with van der Waals surface area (Å²) in [6, 6.07) is 9.12. The standard InChI is InChI=1S/C25H33ClN2O4S/c1-18(2)15-24(29)27(11-4-13-31-3)16-25(30)28-12-9-23-21(10-14-33-23)22(28)17-32-20-7-5-19(26)6-8-20/h5-8,10,14,18,22H,4,9,11-13,15-17H2,1-3H3. The number of nitrogens with zero attached hydrogens (tertiary/aromatic N) is 2. The van der Waals surface area contributed by atoms with Crippen molar-refractivity contribution < 1.29 is 19.1 Å². The summed E-state index contributed by atoms with van der Waals surface area (Å²) < 4.78 is 11.2. The van der Waals surface area contributed by atoms with Crippen molar-refractivity contribution in [2.24, 2.45) is 5.92 Å². The first-order valence-corrected chi connectivity index (χ1v) is 12.7. The second kappa shape index (κ2) is 12.4. The largest absolute Gasteiger partial charge is 0.491 e. The highest BCUT2D eigenvalue weighted by molar-refractivity contribution is 7.10. The lowest BCUT2D eigenvalue weighted by molar-refractivity contribution is -0.143. The van der Waals surface area contributed by atoms with Gasteiger partial charge in [0.2, 0.25) is 11.8 Å². The van der Waals surface area contributed by atoms with E-state index in [9.17, 15) is 9.59 Å². The monoisotopic (exact) mass is 492 g/mol. The molecule has 2 heterocycles. The molecule has 0 aliphatic carbocycles. The van der Waals surface area contributed by atoms with Gasteiger partial charge in [-0.25, -0.2) is 0 Å². The fraction of sp³-hybridized carbons (Fsp3) is 0.520. The minimum Gasteiger partial charge on any atom is -0.491 e. The van der Waals surface area contributed by atoms with E-state index in [2.05, 4.69) is 11.4 Å². The number of ether oxygens (including phenoxy) is 2. The third kappa shape index (κ3) is 7.19. The number of benzene rings is 1. The molecule has 1 unspecified atom stereocenters. The van der Waals surface area contributed by atoms with Crippen molar-refractivity contribution in [3.63, 3.8) is 0 Å². The molecule has 0 fully saturated rings. The minimum absolute atomic E-state index is 0.0108. The molecule has 3 rings (SSSR count). The van der Waals surface area contributed by atoms with Crippen LogP contribution in [0.4, 0.5) is 0 Å². The van der Waals surface area contributed by atoms with Crippen LogP contribution < -0.4 is 4.74 Å². The number of hydrogen-bond donors (Lipinski definition) is 0. The average molecular weight is 493 g/mol. The summed E-state index contributed by atoms with van der Waals surface area (Å²) in [5.74, 6) is 0.909. The van der Waals surface area contributed by atoms with Crippen LogP contribution in [0.15, 0.2) is 35.7 Å². The summed E-state index contributed by atoms with van der Waals surface area (Å²) in [4.78, 5) is 31.1. The van der Waals surface area contributed by atoms with E-state index in [-0.39, 0.29) is 30.3 Å². The zero-order valence-electron chi connectivity index (χ0n) is 19.6. The Bertz CT molecular complexity index is 915. The molecule has 33 heavy (non-hydrogen) atoms. The Morgan fingerprint density at radius 3 is 2.70 bits per heavy atom. The number of fused-ring (bicyclic) bond motifs is 1. The third-order valence-corrected chi connectivity index (χ3v) is 6.92. The molecule has 0 saturated carbocycles. The molecule has 2 aromatic rings. The van der Waals surface area contributed by atoms with E-state index < -0.39 is 0 Å². The summed E-state index contributed by atoms with van der Waals surface area (Å²) in [7, 11) is 1.64. The molecule has 1 aromatic heterocycles. The zero-order valence-corrected chi connectivity index (χ0v) is 21.2. The maximum absolute atomic E-state index is 13.5. The van der Waals surface area contributed by atoms with Crippen molar-refractivity contribution in [2.75, 3.05) is 40.0 Å². The van der Waals surface area contributed by atoms with Gasteiger partial charge in [0.25, 0.3) is 0 Å². The van der Waals surface area contributed by atoms with Gasteiger partial charge in [0.1, 0.15) is 12.4 Å². The summed E-state index contributed by atoms with van der Waals surface area (Å²) in [6.45, 7) is 6.13. The second-order valence-electron chi connectivity index (χ2n) is 8.68. The van der Waals surface area contributed by atoms with Gasteiger partial charge in [-0.15, -0.1) is 11.3 Å². The fourth-order valence-corrected chi connectivity index (χ4v) is 5.06. The van der Waals surface area contributed by atoms with Crippen molar-refractivity contribution in [1.29, 1.82) is 0 Å². The number of hydrogen-bond acceptors (Lipinski definition) is 5. The number of halogens is 1. The van der Waals surface area contributed by atoms with Gasteiger partial charge in [0.15, 0.2) is 0 Å². The number of carbonyl (C=O) groups is 2. The molecule has 8 heteroatoms.